The third-order valence-electron chi connectivity index (χ3n) is 5.27. The maximum Gasteiger partial charge on any atom is -0.0297 e. The monoisotopic (exact) mass is 224 g/mol. The average molecular weight is 224 g/mol. The Morgan fingerprint density at radius 1 is 1.00 bits per heavy atom. The highest BCUT2D eigenvalue weighted by Crippen LogP contribution is 2.54. The second kappa shape index (κ2) is 6.67. The van der Waals surface area contributed by atoms with E-state index in [9.17, 15) is 0 Å². The summed E-state index contributed by atoms with van der Waals surface area (Å²) < 4.78 is 0. The molecule has 1 aliphatic carbocycles. The molecule has 0 nitrogen and oxygen atoms in total. The minimum absolute atomic E-state index is 0.687. The van der Waals surface area contributed by atoms with E-state index in [1.807, 2.05) is 0 Å². The summed E-state index contributed by atoms with van der Waals surface area (Å²) in [5, 5.41) is 0. The summed E-state index contributed by atoms with van der Waals surface area (Å²) >= 11 is 0. The Bertz CT molecular complexity index is 184. The zero-order valence-electron chi connectivity index (χ0n) is 12.0. The van der Waals surface area contributed by atoms with Crippen molar-refractivity contribution in [2.24, 2.45) is 17.3 Å². The first-order chi connectivity index (χ1) is 7.64. The van der Waals surface area contributed by atoms with Crippen LogP contribution >= 0.6 is 0 Å². The third-order valence-corrected chi connectivity index (χ3v) is 5.27. The molecule has 3 unspecified atom stereocenters. The Morgan fingerprint density at radius 3 is 2.19 bits per heavy atom. The SMILES string of the molecule is CCCCCCCCC1CC(C)(CC)C1C. The molecule has 96 valence electrons. The molecule has 0 N–H and O–H groups in total. The van der Waals surface area contributed by atoms with Crippen molar-refractivity contribution in [3.8, 4) is 0 Å². The predicted molar refractivity (Wildman–Crippen MR) is 73.7 cm³/mol. The van der Waals surface area contributed by atoms with E-state index < -0.39 is 0 Å². The van der Waals surface area contributed by atoms with Crippen LogP contribution in [0.4, 0.5) is 0 Å². The van der Waals surface area contributed by atoms with Gasteiger partial charge in [-0.3, -0.25) is 0 Å². The van der Waals surface area contributed by atoms with Crippen LogP contribution in [0.15, 0.2) is 0 Å². The van der Waals surface area contributed by atoms with E-state index in [1.165, 1.54) is 57.8 Å². The van der Waals surface area contributed by atoms with Crippen LogP contribution in [0.1, 0.15) is 85.5 Å². The fraction of sp³-hybridized carbons (Fsp3) is 1.00. The van der Waals surface area contributed by atoms with Crippen LogP contribution in [0, 0.1) is 17.3 Å². The molecule has 0 heteroatoms. The standard InChI is InChI=1S/C16H32/c1-5-7-8-9-10-11-12-15-13-16(4,6-2)14(15)3/h14-15H,5-13H2,1-4H3. The van der Waals surface area contributed by atoms with Gasteiger partial charge in [-0.1, -0.05) is 79.1 Å². The van der Waals surface area contributed by atoms with E-state index in [2.05, 4.69) is 27.7 Å². The third kappa shape index (κ3) is 3.50. The van der Waals surface area contributed by atoms with E-state index in [1.54, 1.807) is 0 Å². The van der Waals surface area contributed by atoms with Crippen LogP contribution in [-0.4, -0.2) is 0 Å². The molecule has 0 bridgehead atoms. The van der Waals surface area contributed by atoms with Gasteiger partial charge in [-0.2, -0.15) is 0 Å². The molecule has 0 spiro atoms. The molecule has 1 fully saturated rings. The molecule has 0 aromatic rings. The minimum Gasteiger partial charge on any atom is -0.0654 e. The van der Waals surface area contributed by atoms with Crippen molar-refractivity contribution >= 4 is 0 Å². The molecule has 0 aromatic carbocycles. The molecule has 3 atom stereocenters. The highest BCUT2D eigenvalue weighted by Gasteiger charge is 2.45. The van der Waals surface area contributed by atoms with Gasteiger partial charge in [-0.05, 0) is 23.7 Å². The molecule has 1 aliphatic rings. The largest absolute Gasteiger partial charge is 0.0654 e. The first-order valence-corrected chi connectivity index (χ1v) is 7.64. The van der Waals surface area contributed by atoms with Gasteiger partial charge in [0.15, 0.2) is 0 Å². The van der Waals surface area contributed by atoms with Crippen LogP contribution < -0.4 is 0 Å². The first-order valence-electron chi connectivity index (χ1n) is 7.64. The Labute approximate surface area is 103 Å². The molecule has 16 heavy (non-hydrogen) atoms. The molecule has 0 radical (unpaired) electrons. The smallest absolute Gasteiger partial charge is 0.0297 e. The normalized spacial score (nSPS) is 33.8. The summed E-state index contributed by atoms with van der Waals surface area (Å²) in [5.74, 6) is 2.03. The average Bonchev–Trinajstić information content (AvgIpc) is 2.31. The Balaban J connectivity index is 2.00. The van der Waals surface area contributed by atoms with Crippen LogP contribution in [0.25, 0.3) is 0 Å². The molecule has 0 amide bonds. The highest BCUT2D eigenvalue weighted by molar-refractivity contribution is 4.95. The lowest BCUT2D eigenvalue weighted by atomic mass is 9.53. The molecule has 0 saturated heterocycles. The lowest BCUT2D eigenvalue weighted by Gasteiger charge is -2.52. The molecule has 1 rings (SSSR count). The molecular weight excluding hydrogens is 192 g/mol. The van der Waals surface area contributed by atoms with Crippen LogP contribution in [0.3, 0.4) is 0 Å². The van der Waals surface area contributed by atoms with Crippen molar-refractivity contribution in [3.05, 3.63) is 0 Å². The topological polar surface area (TPSA) is 0 Å². The fourth-order valence-electron chi connectivity index (χ4n) is 3.38. The van der Waals surface area contributed by atoms with Crippen LogP contribution in [-0.2, 0) is 0 Å². The van der Waals surface area contributed by atoms with Gasteiger partial charge in [0.25, 0.3) is 0 Å². The van der Waals surface area contributed by atoms with Gasteiger partial charge in [0.05, 0.1) is 0 Å². The number of hydrogen-bond acceptors (Lipinski definition) is 0. The van der Waals surface area contributed by atoms with Gasteiger partial charge in [-0.25, -0.2) is 0 Å². The number of unbranched alkanes of at least 4 members (excludes halogenated alkanes) is 5. The van der Waals surface area contributed by atoms with Crippen LogP contribution in [0.5, 0.6) is 0 Å². The lowest BCUT2D eigenvalue weighted by Crippen LogP contribution is -2.43. The van der Waals surface area contributed by atoms with Crippen molar-refractivity contribution < 1.29 is 0 Å². The van der Waals surface area contributed by atoms with Crippen molar-refractivity contribution in [1.29, 1.82) is 0 Å². The van der Waals surface area contributed by atoms with Gasteiger partial charge >= 0.3 is 0 Å². The van der Waals surface area contributed by atoms with Gasteiger partial charge < -0.3 is 0 Å². The van der Waals surface area contributed by atoms with Gasteiger partial charge in [0.2, 0.25) is 0 Å². The Morgan fingerprint density at radius 2 is 1.62 bits per heavy atom. The maximum atomic E-state index is 2.48. The first kappa shape index (κ1) is 14.1. The summed E-state index contributed by atoms with van der Waals surface area (Å²) in [5.41, 5.74) is 0.687. The van der Waals surface area contributed by atoms with Gasteiger partial charge in [-0.15, -0.1) is 0 Å². The number of hydrogen-bond donors (Lipinski definition) is 0. The van der Waals surface area contributed by atoms with Crippen molar-refractivity contribution in [2.75, 3.05) is 0 Å². The van der Waals surface area contributed by atoms with E-state index in [0.29, 0.717) is 5.41 Å². The van der Waals surface area contributed by atoms with Crippen molar-refractivity contribution in [2.45, 2.75) is 85.5 Å². The molecular formula is C16H32. The Kier molecular flexibility index (Phi) is 5.86. The summed E-state index contributed by atoms with van der Waals surface area (Å²) in [4.78, 5) is 0. The fourth-order valence-corrected chi connectivity index (χ4v) is 3.38. The minimum atomic E-state index is 0.687. The van der Waals surface area contributed by atoms with Gasteiger partial charge in [0, 0.05) is 0 Å². The van der Waals surface area contributed by atoms with E-state index in [0.717, 1.165) is 11.8 Å². The molecule has 0 heterocycles. The summed E-state index contributed by atoms with van der Waals surface area (Å²) in [6, 6.07) is 0. The molecule has 1 saturated carbocycles. The number of rotatable bonds is 8. The van der Waals surface area contributed by atoms with Crippen molar-refractivity contribution in [1.82, 2.24) is 0 Å². The zero-order valence-corrected chi connectivity index (χ0v) is 12.0. The quantitative estimate of drug-likeness (QED) is 0.456. The van der Waals surface area contributed by atoms with Crippen molar-refractivity contribution in [3.63, 3.8) is 0 Å². The van der Waals surface area contributed by atoms with E-state index >= 15 is 0 Å². The highest BCUT2D eigenvalue weighted by atomic mass is 14.5. The second-order valence-electron chi connectivity index (χ2n) is 6.32. The molecule has 0 aromatic heterocycles. The van der Waals surface area contributed by atoms with E-state index in [-0.39, 0.29) is 0 Å². The summed E-state index contributed by atoms with van der Waals surface area (Å²) in [6.45, 7) is 9.61. The summed E-state index contributed by atoms with van der Waals surface area (Å²) in [7, 11) is 0. The van der Waals surface area contributed by atoms with Crippen LogP contribution in [0.2, 0.25) is 0 Å². The lowest BCUT2D eigenvalue weighted by molar-refractivity contribution is -0.0236. The maximum absolute atomic E-state index is 2.48. The zero-order chi connectivity index (χ0) is 12.0. The van der Waals surface area contributed by atoms with E-state index in [4.69, 9.17) is 0 Å². The summed E-state index contributed by atoms with van der Waals surface area (Å²) in [6.07, 6.45) is 13.1. The van der Waals surface area contributed by atoms with Gasteiger partial charge in [0.1, 0.15) is 0 Å². The predicted octanol–water partition coefficient (Wildman–Crippen LogP) is 5.81. The Hall–Kier alpha value is 0. The second-order valence-corrected chi connectivity index (χ2v) is 6.32. The molecule has 0 aliphatic heterocycles.